The zero-order chi connectivity index (χ0) is 10.6. The zero-order valence-electron chi connectivity index (χ0n) is 7.59. The third-order valence-electron chi connectivity index (χ3n) is 1.88. The minimum atomic E-state index is -0.766. The first kappa shape index (κ1) is 10.9. The van der Waals surface area contributed by atoms with Gasteiger partial charge in [-0.25, -0.2) is 4.39 Å². The Bertz CT molecular complexity index is 360. The van der Waals surface area contributed by atoms with Gasteiger partial charge in [-0.05, 0) is 42.1 Å². The number of carbonyl (C=O) groups is 1. The quantitative estimate of drug-likeness (QED) is 0.553. The van der Waals surface area contributed by atoms with Gasteiger partial charge < -0.3 is 0 Å². The molecule has 3 heteroatoms. The predicted octanol–water partition coefficient (Wildman–Crippen LogP) is 3.32. The van der Waals surface area contributed by atoms with Crippen molar-refractivity contribution in [2.24, 2.45) is 0 Å². The third-order valence-corrected chi connectivity index (χ3v) is 2.09. The molecule has 14 heavy (non-hydrogen) atoms. The summed E-state index contributed by atoms with van der Waals surface area (Å²) in [6.07, 6.45) is 3.27. The smallest absolute Gasteiger partial charge is 0.255 e. The molecular formula is C11H10ClFO. The highest BCUT2D eigenvalue weighted by Crippen LogP contribution is 2.14. The fourth-order valence-electron chi connectivity index (χ4n) is 1.14. The lowest BCUT2D eigenvalue weighted by Gasteiger charge is -2.01. The van der Waals surface area contributed by atoms with E-state index < -0.39 is 11.1 Å². The summed E-state index contributed by atoms with van der Waals surface area (Å²) in [4.78, 5) is 10.7. The van der Waals surface area contributed by atoms with Crippen LogP contribution >= 0.6 is 11.6 Å². The minimum Gasteiger partial charge on any atom is -0.275 e. The molecule has 0 bridgehead atoms. The molecule has 0 saturated carbocycles. The van der Waals surface area contributed by atoms with Crippen LogP contribution in [0.2, 0.25) is 0 Å². The minimum absolute atomic E-state index is 0.0750. The second kappa shape index (κ2) is 4.91. The molecule has 1 rings (SSSR count). The predicted molar refractivity (Wildman–Crippen MR) is 55.1 cm³/mol. The van der Waals surface area contributed by atoms with E-state index >= 15 is 0 Å². The average molecular weight is 213 g/mol. The average Bonchev–Trinajstić information content (AvgIpc) is 2.14. The second-order valence-corrected chi connectivity index (χ2v) is 3.26. The van der Waals surface area contributed by atoms with E-state index in [0.717, 1.165) is 18.4 Å². The lowest BCUT2D eigenvalue weighted by molar-refractivity contribution is 0.107. The van der Waals surface area contributed by atoms with Crippen molar-refractivity contribution in [3.8, 4) is 0 Å². The van der Waals surface area contributed by atoms with E-state index in [1.165, 1.54) is 12.1 Å². The number of hydrogen-bond acceptors (Lipinski definition) is 1. The van der Waals surface area contributed by atoms with Crippen LogP contribution in [0.1, 0.15) is 22.3 Å². The fraction of sp³-hybridized carbons (Fsp3) is 0.182. The zero-order valence-corrected chi connectivity index (χ0v) is 8.35. The monoisotopic (exact) mass is 212 g/mol. The summed E-state index contributed by atoms with van der Waals surface area (Å²) in [5.74, 6) is -0.563. The maximum Gasteiger partial charge on any atom is 0.255 e. The molecule has 0 heterocycles. The summed E-state index contributed by atoms with van der Waals surface area (Å²) in [7, 11) is 0. The Hall–Kier alpha value is -1.15. The molecule has 0 amide bonds. The first-order valence-electron chi connectivity index (χ1n) is 4.24. The van der Waals surface area contributed by atoms with Gasteiger partial charge in [0, 0.05) is 0 Å². The molecule has 0 saturated heterocycles. The number of benzene rings is 1. The van der Waals surface area contributed by atoms with Gasteiger partial charge in [0.15, 0.2) is 0 Å². The number of halogens is 2. The Morgan fingerprint density at radius 3 is 2.79 bits per heavy atom. The molecule has 1 aromatic carbocycles. The van der Waals surface area contributed by atoms with Gasteiger partial charge >= 0.3 is 0 Å². The van der Waals surface area contributed by atoms with E-state index in [9.17, 15) is 9.18 Å². The molecule has 0 radical (unpaired) electrons. The van der Waals surface area contributed by atoms with Crippen LogP contribution in [0.5, 0.6) is 0 Å². The molecule has 1 aromatic rings. The van der Waals surface area contributed by atoms with Crippen molar-refractivity contribution in [3.63, 3.8) is 0 Å². The van der Waals surface area contributed by atoms with Gasteiger partial charge in [-0.15, -0.1) is 6.58 Å². The molecular weight excluding hydrogens is 203 g/mol. The van der Waals surface area contributed by atoms with E-state index in [1.54, 1.807) is 12.1 Å². The molecule has 0 aromatic heterocycles. The Morgan fingerprint density at radius 1 is 1.57 bits per heavy atom. The number of carbonyl (C=O) groups excluding carboxylic acids is 1. The molecule has 0 N–H and O–H groups in total. The lowest BCUT2D eigenvalue weighted by Crippen LogP contribution is -1.96. The van der Waals surface area contributed by atoms with Gasteiger partial charge in [0.25, 0.3) is 5.24 Å². The van der Waals surface area contributed by atoms with E-state index in [4.69, 9.17) is 11.6 Å². The van der Waals surface area contributed by atoms with Crippen molar-refractivity contribution in [3.05, 3.63) is 47.8 Å². The molecule has 1 nitrogen and oxygen atoms in total. The highest BCUT2D eigenvalue weighted by molar-refractivity contribution is 6.67. The van der Waals surface area contributed by atoms with Crippen LogP contribution in [0.15, 0.2) is 30.9 Å². The maximum absolute atomic E-state index is 13.2. The van der Waals surface area contributed by atoms with Crippen molar-refractivity contribution < 1.29 is 9.18 Å². The number of rotatable bonds is 4. The number of aryl methyl sites for hydroxylation is 1. The van der Waals surface area contributed by atoms with E-state index in [1.807, 2.05) is 0 Å². The lowest BCUT2D eigenvalue weighted by atomic mass is 10.1. The van der Waals surface area contributed by atoms with Gasteiger partial charge in [0.2, 0.25) is 0 Å². The van der Waals surface area contributed by atoms with E-state index in [0.29, 0.717) is 0 Å². The third kappa shape index (κ3) is 2.67. The van der Waals surface area contributed by atoms with Crippen LogP contribution in [-0.2, 0) is 6.42 Å². The summed E-state index contributed by atoms with van der Waals surface area (Å²) >= 11 is 5.17. The summed E-state index contributed by atoms with van der Waals surface area (Å²) in [6.45, 7) is 3.57. The molecule has 0 aliphatic carbocycles. The van der Waals surface area contributed by atoms with E-state index in [2.05, 4.69) is 6.58 Å². The summed E-state index contributed by atoms with van der Waals surface area (Å²) in [6, 6.07) is 4.43. The Labute approximate surface area is 87.2 Å². The van der Waals surface area contributed by atoms with Crippen molar-refractivity contribution in [1.82, 2.24) is 0 Å². The summed E-state index contributed by atoms with van der Waals surface area (Å²) in [5, 5.41) is -0.766. The normalized spacial score (nSPS) is 9.86. The van der Waals surface area contributed by atoms with Gasteiger partial charge in [-0.3, -0.25) is 4.79 Å². The first-order chi connectivity index (χ1) is 6.65. The number of hydrogen-bond donors (Lipinski definition) is 0. The standard InChI is InChI=1S/C11H10ClFO/c1-2-3-4-8-5-6-9(11(12)14)10(13)7-8/h2,5-7H,1,3-4H2. The van der Waals surface area contributed by atoms with Crippen LogP contribution in [0.25, 0.3) is 0 Å². The van der Waals surface area contributed by atoms with Crippen molar-refractivity contribution in [2.45, 2.75) is 12.8 Å². The largest absolute Gasteiger partial charge is 0.275 e. The Balaban J connectivity index is 2.88. The van der Waals surface area contributed by atoms with Gasteiger partial charge in [0.1, 0.15) is 5.82 Å². The molecule has 74 valence electrons. The molecule has 0 aliphatic heterocycles. The SMILES string of the molecule is C=CCCc1ccc(C(=O)Cl)c(F)c1. The van der Waals surface area contributed by atoms with Crippen LogP contribution in [0, 0.1) is 5.82 Å². The topological polar surface area (TPSA) is 17.1 Å². The Morgan fingerprint density at radius 2 is 2.29 bits per heavy atom. The Kier molecular flexibility index (Phi) is 3.84. The van der Waals surface area contributed by atoms with Crippen LogP contribution < -0.4 is 0 Å². The van der Waals surface area contributed by atoms with Crippen molar-refractivity contribution in [1.29, 1.82) is 0 Å². The van der Waals surface area contributed by atoms with Gasteiger partial charge in [-0.2, -0.15) is 0 Å². The van der Waals surface area contributed by atoms with Crippen LogP contribution in [0.3, 0.4) is 0 Å². The van der Waals surface area contributed by atoms with Crippen LogP contribution in [0.4, 0.5) is 4.39 Å². The van der Waals surface area contributed by atoms with E-state index in [-0.39, 0.29) is 5.56 Å². The second-order valence-electron chi connectivity index (χ2n) is 2.92. The molecule has 0 aliphatic rings. The van der Waals surface area contributed by atoms with Crippen LogP contribution in [-0.4, -0.2) is 5.24 Å². The molecule has 0 atom stereocenters. The van der Waals surface area contributed by atoms with Gasteiger partial charge in [-0.1, -0.05) is 12.1 Å². The first-order valence-corrected chi connectivity index (χ1v) is 4.62. The van der Waals surface area contributed by atoms with Crippen molar-refractivity contribution >= 4 is 16.8 Å². The summed E-state index contributed by atoms with van der Waals surface area (Å²) < 4.78 is 13.2. The maximum atomic E-state index is 13.2. The van der Waals surface area contributed by atoms with Gasteiger partial charge in [0.05, 0.1) is 5.56 Å². The molecule has 0 fully saturated rings. The molecule has 0 unspecified atom stereocenters. The van der Waals surface area contributed by atoms with Crippen molar-refractivity contribution in [2.75, 3.05) is 0 Å². The highest BCUT2D eigenvalue weighted by Gasteiger charge is 2.08. The summed E-state index contributed by atoms with van der Waals surface area (Å²) in [5.41, 5.74) is 0.762. The fourth-order valence-corrected chi connectivity index (χ4v) is 1.30. The highest BCUT2D eigenvalue weighted by atomic mass is 35.5. The number of allylic oxidation sites excluding steroid dienone is 1. The molecule has 0 spiro atoms.